The predicted octanol–water partition coefficient (Wildman–Crippen LogP) is 3.24. The summed E-state index contributed by atoms with van der Waals surface area (Å²) >= 11 is 1.63. The number of rotatable bonds is 2. The molecule has 0 spiro atoms. The molecule has 0 aromatic carbocycles. The first-order chi connectivity index (χ1) is 8.00. The van der Waals surface area contributed by atoms with E-state index in [4.69, 9.17) is 0 Å². The Kier molecular flexibility index (Phi) is 3.15. The molecule has 0 aliphatic carbocycles. The first-order valence-electron chi connectivity index (χ1n) is 5.66. The predicted molar refractivity (Wildman–Crippen MR) is 71.7 cm³/mol. The summed E-state index contributed by atoms with van der Waals surface area (Å²) in [5.74, 6) is 0.978. The Hall–Kier alpha value is -1.42. The monoisotopic (exact) mass is 248 g/mol. The molecular weight excluding hydrogens is 232 g/mol. The van der Waals surface area contributed by atoms with Crippen LogP contribution in [-0.2, 0) is 0 Å². The van der Waals surface area contributed by atoms with Gasteiger partial charge in [0.15, 0.2) is 0 Å². The van der Waals surface area contributed by atoms with E-state index in [0.717, 1.165) is 16.4 Å². The Bertz CT molecular complexity index is 596. The van der Waals surface area contributed by atoms with Crippen molar-refractivity contribution in [1.82, 2.24) is 9.97 Å². The molecule has 2 heterocycles. The number of nitrogens with zero attached hydrogens (tertiary/aromatic N) is 1. The van der Waals surface area contributed by atoms with E-state index < -0.39 is 0 Å². The van der Waals surface area contributed by atoms with E-state index in [0.29, 0.717) is 5.56 Å². The molecule has 4 heteroatoms. The highest BCUT2D eigenvalue weighted by Gasteiger charge is 2.14. The zero-order valence-corrected chi connectivity index (χ0v) is 11.3. The topological polar surface area (TPSA) is 45.8 Å². The molecule has 90 valence electrons. The lowest BCUT2D eigenvalue weighted by molar-refractivity contribution is 0.765. The van der Waals surface area contributed by atoms with Gasteiger partial charge in [0, 0.05) is 11.5 Å². The quantitative estimate of drug-likeness (QED) is 0.886. The summed E-state index contributed by atoms with van der Waals surface area (Å²) in [5, 5.41) is 2.03. The van der Waals surface area contributed by atoms with Crippen molar-refractivity contribution in [3.63, 3.8) is 0 Å². The number of hydrogen-bond donors (Lipinski definition) is 1. The van der Waals surface area contributed by atoms with Crippen LogP contribution >= 0.6 is 11.3 Å². The third-order valence-corrected chi connectivity index (χ3v) is 3.82. The maximum Gasteiger partial charge on any atom is 0.254 e. The van der Waals surface area contributed by atoms with Crippen LogP contribution in [-0.4, -0.2) is 9.97 Å². The summed E-state index contributed by atoms with van der Waals surface area (Å²) in [6, 6.07) is 2.05. The lowest BCUT2D eigenvalue weighted by Crippen LogP contribution is -2.16. The molecule has 2 aromatic rings. The zero-order chi connectivity index (χ0) is 12.6. The van der Waals surface area contributed by atoms with Crippen molar-refractivity contribution in [2.45, 2.75) is 33.6 Å². The van der Waals surface area contributed by atoms with Crippen molar-refractivity contribution in [2.24, 2.45) is 0 Å². The Morgan fingerprint density at radius 1 is 1.35 bits per heavy atom. The molecule has 0 saturated heterocycles. The molecule has 3 nitrogen and oxygen atoms in total. The van der Waals surface area contributed by atoms with E-state index >= 15 is 0 Å². The largest absolute Gasteiger partial charge is 0.310 e. The van der Waals surface area contributed by atoms with Gasteiger partial charge in [-0.3, -0.25) is 4.79 Å². The second-order valence-electron chi connectivity index (χ2n) is 4.51. The van der Waals surface area contributed by atoms with Crippen LogP contribution in [0.25, 0.3) is 10.6 Å². The van der Waals surface area contributed by atoms with Crippen molar-refractivity contribution < 1.29 is 0 Å². The van der Waals surface area contributed by atoms with Crippen molar-refractivity contribution in [3.8, 4) is 10.6 Å². The number of hydrogen-bond acceptors (Lipinski definition) is 3. The third kappa shape index (κ3) is 2.17. The van der Waals surface area contributed by atoms with Gasteiger partial charge in [-0.15, -0.1) is 11.3 Å². The fourth-order valence-corrected chi connectivity index (χ4v) is 2.63. The molecular formula is C13H16N2OS. The SMILES string of the molecule is Cc1ccsc1-c1nc(C(C)C)[nH]c(=O)c1C. The first-order valence-corrected chi connectivity index (χ1v) is 6.54. The second-order valence-corrected chi connectivity index (χ2v) is 5.43. The van der Waals surface area contributed by atoms with Crippen molar-refractivity contribution in [3.05, 3.63) is 38.8 Å². The van der Waals surface area contributed by atoms with E-state index in [1.165, 1.54) is 5.56 Å². The lowest BCUT2D eigenvalue weighted by atomic mass is 10.1. The van der Waals surface area contributed by atoms with Gasteiger partial charge < -0.3 is 4.98 Å². The van der Waals surface area contributed by atoms with Crippen LogP contribution < -0.4 is 5.56 Å². The standard InChI is InChI=1S/C13H16N2OS/c1-7(2)12-14-10(9(4)13(16)15-12)11-8(3)5-6-17-11/h5-7H,1-4H3,(H,14,15,16). The van der Waals surface area contributed by atoms with Crippen molar-refractivity contribution >= 4 is 11.3 Å². The molecule has 2 rings (SSSR count). The van der Waals surface area contributed by atoms with Crippen LogP contribution in [0.15, 0.2) is 16.2 Å². The smallest absolute Gasteiger partial charge is 0.254 e. The zero-order valence-electron chi connectivity index (χ0n) is 10.5. The minimum absolute atomic E-state index is 0.0356. The summed E-state index contributed by atoms with van der Waals surface area (Å²) < 4.78 is 0. The number of aromatic nitrogens is 2. The molecule has 0 radical (unpaired) electrons. The van der Waals surface area contributed by atoms with Gasteiger partial charge in [0.25, 0.3) is 5.56 Å². The Balaban J connectivity index is 2.69. The maximum atomic E-state index is 11.9. The van der Waals surface area contributed by atoms with Crippen LogP contribution in [0, 0.1) is 13.8 Å². The first kappa shape index (κ1) is 12.0. The normalized spacial score (nSPS) is 11.1. The van der Waals surface area contributed by atoms with Gasteiger partial charge in [-0.1, -0.05) is 13.8 Å². The molecule has 0 atom stereocenters. The molecule has 0 bridgehead atoms. The van der Waals surface area contributed by atoms with E-state index in [9.17, 15) is 4.79 Å². The minimum atomic E-state index is -0.0356. The summed E-state index contributed by atoms with van der Waals surface area (Å²) in [5.41, 5.74) is 2.65. The lowest BCUT2D eigenvalue weighted by Gasteiger charge is -2.09. The Labute approximate surface area is 105 Å². The molecule has 0 saturated carbocycles. The summed E-state index contributed by atoms with van der Waals surface area (Å²) in [7, 11) is 0. The maximum absolute atomic E-state index is 11.9. The molecule has 0 amide bonds. The van der Waals surface area contributed by atoms with E-state index in [1.807, 2.05) is 33.1 Å². The van der Waals surface area contributed by atoms with Crippen molar-refractivity contribution in [2.75, 3.05) is 0 Å². The number of aryl methyl sites for hydroxylation is 1. The minimum Gasteiger partial charge on any atom is -0.310 e. The average Bonchev–Trinajstić information content (AvgIpc) is 2.68. The van der Waals surface area contributed by atoms with Gasteiger partial charge >= 0.3 is 0 Å². The number of nitrogens with one attached hydrogen (secondary N) is 1. The van der Waals surface area contributed by atoms with Gasteiger partial charge in [-0.25, -0.2) is 4.98 Å². The second kappa shape index (κ2) is 4.45. The number of thiophene rings is 1. The fourth-order valence-electron chi connectivity index (χ4n) is 1.66. The Morgan fingerprint density at radius 2 is 2.06 bits per heavy atom. The highest BCUT2D eigenvalue weighted by Crippen LogP contribution is 2.29. The van der Waals surface area contributed by atoms with Crippen LogP contribution in [0.4, 0.5) is 0 Å². The summed E-state index contributed by atoms with van der Waals surface area (Å²) in [6.45, 7) is 7.92. The molecule has 0 fully saturated rings. The van der Waals surface area contributed by atoms with Gasteiger partial charge in [-0.2, -0.15) is 0 Å². The summed E-state index contributed by atoms with van der Waals surface area (Å²) in [4.78, 5) is 20.4. The average molecular weight is 248 g/mol. The van der Waals surface area contributed by atoms with E-state index in [1.54, 1.807) is 11.3 Å². The van der Waals surface area contributed by atoms with Crippen molar-refractivity contribution in [1.29, 1.82) is 0 Å². The van der Waals surface area contributed by atoms with E-state index in [-0.39, 0.29) is 11.5 Å². The highest BCUT2D eigenvalue weighted by atomic mass is 32.1. The summed E-state index contributed by atoms with van der Waals surface area (Å²) in [6.07, 6.45) is 0. The molecule has 0 aliphatic rings. The van der Waals surface area contributed by atoms with Gasteiger partial charge in [0.1, 0.15) is 5.82 Å². The van der Waals surface area contributed by atoms with Crippen LogP contribution in [0.5, 0.6) is 0 Å². The van der Waals surface area contributed by atoms with Gasteiger partial charge in [-0.05, 0) is 30.9 Å². The third-order valence-electron chi connectivity index (χ3n) is 2.79. The van der Waals surface area contributed by atoms with E-state index in [2.05, 4.69) is 16.0 Å². The Morgan fingerprint density at radius 3 is 2.59 bits per heavy atom. The molecule has 1 N–H and O–H groups in total. The molecule has 2 aromatic heterocycles. The highest BCUT2D eigenvalue weighted by molar-refractivity contribution is 7.13. The molecule has 17 heavy (non-hydrogen) atoms. The van der Waals surface area contributed by atoms with Gasteiger partial charge in [0.2, 0.25) is 0 Å². The fraction of sp³-hybridized carbons (Fsp3) is 0.385. The van der Waals surface area contributed by atoms with Crippen LogP contribution in [0.3, 0.4) is 0 Å². The molecule has 0 unspecified atom stereocenters. The number of H-pyrrole nitrogens is 1. The molecule has 0 aliphatic heterocycles. The van der Waals surface area contributed by atoms with Crippen LogP contribution in [0.2, 0.25) is 0 Å². The van der Waals surface area contributed by atoms with Gasteiger partial charge in [0.05, 0.1) is 10.6 Å². The van der Waals surface area contributed by atoms with Crippen LogP contribution in [0.1, 0.15) is 36.7 Å². The number of aromatic amines is 1.